The maximum atomic E-state index is 13.0. The maximum Gasteiger partial charge on any atom is 0.251 e. The van der Waals surface area contributed by atoms with Crippen LogP contribution in [0.15, 0.2) is 35.2 Å². The van der Waals surface area contributed by atoms with Crippen molar-refractivity contribution in [2.75, 3.05) is 6.54 Å². The Bertz CT molecular complexity index is 600. The van der Waals surface area contributed by atoms with E-state index < -0.39 is 5.82 Å². The van der Waals surface area contributed by atoms with Crippen LogP contribution in [0.5, 0.6) is 0 Å². The lowest BCUT2D eigenvalue weighted by atomic mass is 10.2. The van der Waals surface area contributed by atoms with Gasteiger partial charge < -0.3 is 5.32 Å². The highest BCUT2D eigenvalue weighted by Crippen LogP contribution is 2.21. The first-order valence-corrected chi connectivity index (χ1v) is 7.21. The molecular weight excluding hydrogens is 305 g/mol. The lowest BCUT2D eigenvalue weighted by Gasteiger charge is -2.05. The second kappa shape index (κ2) is 6.41. The number of carbonyl (C=O) groups excluding carboxylic acids is 1. The van der Waals surface area contributed by atoms with Crippen LogP contribution in [0.25, 0.3) is 0 Å². The summed E-state index contributed by atoms with van der Waals surface area (Å²) in [6, 6.07) is 7.85. The number of nitrogens with one attached hydrogen (secondary N) is 1. The Balaban J connectivity index is 1.89. The van der Waals surface area contributed by atoms with Gasteiger partial charge in [-0.2, -0.15) is 0 Å². The van der Waals surface area contributed by atoms with Crippen LogP contribution < -0.4 is 5.32 Å². The fourth-order valence-electron chi connectivity index (χ4n) is 1.54. The van der Waals surface area contributed by atoms with Crippen molar-refractivity contribution in [3.63, 3.8) is 0 Å². The Morgan fingerprint density at radius 3 is 2.79 bits per heavy atom. The molecule has 0 fully saturated rings. The van der Waals surface area contributed by atoms with Crippen molar-refractivity contribution in [2.24, 2.45) is 0 Å². The van der Waals surface area contributed by atoms with Gasteiger partial charge in [0.2, 0.25) is 0 Å². The molecule has 0 saturated heterocycles. The Kier molecular flexibility index (Phi) is 4.85. The molecule has 0 spiro atoms. The van der Waals surface area contributed by atoms with Crippen LogP contribution in [-0.2, 0) is 6.42 Å². The summed E-state index contributed by atoms with van der Waals surface area (Å²) in [4.78, 5) is 13.1. The highest BCUT2D eigenvalue weighted by molar-refractivity contribution is 7.80. The molecule has 1 heterocycles. The quantitative estimate of drug-likeness (QED) is 0.826. The molecular formula is C13H11ClFNOS2. The number of carbonyl (C=O) groups is 1. The Morgan fingerprint density at radius 2 is 2.16 bits per heavy atom. The molecule has 0 aliphatic carbocycles. The summed E-state index contributed by atoms with van der Waals surface area (Å²) < 4.78 is 13.8. The number of halogens is 2. The van der Waals surface area contributed by atoms with Crippen molar-refractivity contribution < 1.29 is 9.18 Å². The summed E-state index contributed by atoms with van der Waals surface area (Å²) in [7, 11) is 0. The van der Waals surface area contributed by atoms with Crippen molar-refractivity contribution in [1.29, 1.82) is 0 Å². The van der Waals surface area contributed by atoms with E-state index in [2.05, 4.69) is 17.9 Å². The topological polar surface area (TPSA) is 29.1 Å². The van der Waals surface area contributed by atoms with Gasteiger partial charge in [0.25, 0.3) is 5.91 Å². The molecule has 1 aromatic carbocycles. The molecule has 19 heavy (non-hydrogen) atoms. The third kappa shape index (κ3) is 3.96. The summed E-state index contributed by atoms with van der Waals surface area (Å²) in [5.41, 5.74) is 0.399. The third-order valence-electron chi connectivity index (χ3n) is 2.49. The summed E-state index contributed by atoms with van der Waals surface area (Å²) in [5, 5.41) is 2.77. The molecule has 0 unspecified atom stereocenters. The molecule has 2 nitrogen and oxygen atoms in total. The van der Waals surface area contributed by atoms with Crippen molar-refractivity contribution in [3.8, 4) is 0 Å². The predicted octanol–water partition coefficient (Wildman–Crippen LogP) is 3.80. The Hall–Kier alpha value is -1.04. The fourth-order valence-corrected chi connectivity index (χ4v) is 2.84. The fraction of sp³-hybridized carbons (Fsp3) is 0.154. The summed E-state index contributed by atoms with van der Waals surface area (Å²) in [5.74, 6) is -0.675. The lowest BCUT2D eigenvalue weighted by Crippen LogP contribution is -2.25. The first kappa shape index (κ1) is 14.4. The molecule has 1 aromatic heterocycles. The van der Waals surface area contributed by atoms with Gasteiger partial charge in [0.1, 0.15) is 5.82 Å². The average Bonchev–Trinajstić information content (AvgIpc) is 2.78. The zero-order chi connectivity index (χ0) is 13.8. The van der Waals surface area contributed by atoms with Gasteiger partial charge in [-0.1, -0.05) is 11.6 Å². The van der Waals surface area contributed by atoms with Gasteiger partial charge in [0.15, 0.2) is 0 Å². The van der Waals surface area contributed by atoms with Crippen LogP contribution >= 0.6 is 35.6 Å². The predicted molar refractivity (Wildman–Crippen MR) is 79.0 cm³/mol. The number of hydrogen-bond donors (Lipinski definition) is 2. The molecule has 0 radical (unpaired) electrons. The molecule has 1 amide bonds. The van der Waals surface area contributed by atoms with E-state index in [0.29, 0.717) is 12.1 Å². The van der Waals surface area contributed by atoms with Crippen LogP contribution in [-0.4, -0.2) is 12.5 Å². The second-order valence-corrected chi connectivity index (χ2v) is 6.16. The van der Waals surface area contributed by atoms with Gasteiger partial charge >= 0.3 is 0 Å². The SMILES string of the molecule is O=C(NCCc1ccc(Cl)s1)c1ccc(F)c(S)c1. The number of thiol groups is 1. The van der Waals surface area contributed by atoms with Crippen molar-refractivity contribution in [1.82, 2.24) is 5.32 Å². The van der Waals surface area contributed by atoms with Gasteiger partial charge in [-0.3, -0.25) is 4.79 Å². The van der Waals surface area contributed by atoms with Crippen LogP contribution in [0.4, 0.5) is 4.39 Å². The third-order valence-corrected chi connectivity index (χ3v) is 4.13. The van der Waals surface area contributed by atoms with Gasteiger partial charge in [0, 0.05) is 21.9 Å². The van der Waals surface area contributed by atoms with E-state index in [1.807, 2.05) is 12.1 Å². The molecule has 0 saturated carbocycles. The van der Waals surface area contributed by atoms with E-state index in [4.69, 9.17) is 11.6 Å². The average molecular weight is 316 g/mol. The van der Waals surface area contributed by atoms with Gasteiger partial charge in [-0.25, -0.2) is 4.39 Å². The minimum absolute atomic E-state index is 0.165. The van der Waals surface area contributed by atoms with Crippen LogP contribution in [0, 0.1) is 5.82 Å². The first-order valence-electron chi connectivity index (χ1n) is 5.57. The molecule has 6 heteroatoms. The molecule has 100 valence electrons. The summed E-state index contributed by atoms with van der Waals surface area (Å²) in [6.45, 7) is 0.509. The van der Waals surface area contributed by atoms with E-state index in [0.717, 1.165) is 15.6 Å². The number of hydrogen-bond acceptors (Lipinski definition) is 3. The Morgan fingerprint density at radius 1 is 1.37 bits per heavy atom. The van der Waals surface area contributed by atoms with Gasteiger partial charge in [-0.05, 0) is 36.8 Å². The van der Waals surface area contributed by atoms with Crippen LogP contribution in [0.2, 0.25) is 4.34 Å². The second-order valence-electron chi connectivity index (χ2n) is 3.88. The van der Waals surface area contributed by atoms with Crippen molar-refractivity contribution in [2.45, 2.75) is 11.3 Å². The summed E-state index contributed by atoms with van der Waals surface area (Å²) >= 11 is 11.3. The van der Waals surface area contributed by atoms with E-state index in [9.17, 15) is 9.18 Å². The highest BCUT2D eigenvalue weighted by Gasteiger charge is 2.08. The molecule has 0 aliphatic rings. The van der Waals surface area contributed by atoms with Gasteiger partial charge in [-0.15, -0.1) is 24.0 Å². The van der Waals surface area contributed by atoms with Crippen LogP contribution in [0.1, 0.15) is 15.2 Å². The zero-order valence-electron chi connectivity index (χ0n) is 9.82. The standard InChI is InChI=1S/C13H11ClFNOS2/c14-12-4-2-9(19-12)5-6-16-13(17)8-1-3-10(15)11(18)7-8/h1-4,7,18H,5-6H2,(H,16,17). The van der Waals surface area contributed by atoms with E-state index in [-0.39, 0.29) is 10.8 Å². The molecule has 0 aliphatic heterocycles. The number of amides is 1. The molecule has 2 aromatic rings. The van der Waals surface area contributed by atoms with Crippen molar-refractivity contribution >= 4 is 41.5 Å². The molecule has 0 atom stereocenters. The summed E-state index contributed by atoms with van der Waals surface area (Å²) in [6.07, 6.45) is 0.720. The monoisotopic (exact) mass is 315 g/mol. The zero-order valence-corrected chi connectivity index (χ0v) is 12.3. The van der Waals surface area contributed by atoms with Crippen LogP contribution in [0.3, 0.4) is 0 Å². The number of thiophene rings is 1. The van der Waals surface area contributed by atoms with Crippen molar-refractivity contribution in [3.05, 3.63) is 50.9 Å². The largest absolute Gasteiger partial charge is 0.352 e. The minimum Gasteiger partial charge on any atom is -0.352 e. The van der Waals surface area contributed by atoms with Gasteiger partial charge in [0.05, 0.1) is 4.34 Å². The minimum atomic E-state index is -0.437. The molecule has 2 rings (SSSR count). The molecule has 0 bridgehead atoms. The highest BCUT2D eigenvalue weighted by atomic mass is 35.5. The Labute approximate surface area is 125 Å². The van der Waals surface area contributed by atoms with E-state index >= 15 is 0 Å². The molecule has 1 N–H and O–H groups in total. The number of rotatable bonds is 4. The normalized spacial score (nSPS) is 10.5. The lowest BCUT2D eigenvalue weighted by molar-refractivity contribution is 0.0954. The van der Waals surface area contributed by atoms with E-state index in [1.54, 1.807) is 0 Å². The first-order chi connectivity index (χ1) is 9.06. The maximum absolute atomic E-state index is 13.0. The number of benzene rings is 1. The smallest absolute Gasteiger partial charge is 0.251 e. The van der Waals surface area contributed by atoms with E-state index in [1.165, 1.54) is 29.5 Å².